The van der Waals surface area contributed by atoms with Gasteiger partial charge in [0.15, 0.2) is 0 Å². The first-order valence-corrected chi connectivity index (χ1v) is 6.38. The molecule has 3 nitrogen and oxygen atoms in total. The van der Waals surface area contributed by atoms with E-state index in [4.69, 9.17) is 9.84 Å². The van der Waals surface area contributed by atoms with Gasteiger partial charge >= 0.3 is 0 Å². The van der Waals surface area contributed by atoms with Gasteiger partial charge in [-0.05, 0) is 30.4 Å². The van der Waals surface area contributed by atoms with Crippen molar-refractivity contribution in [3.8, 4) is 0 Å². The highest BCUT2D eigenvalue weighted by molar-refractivity contribution is 5.22. The Morgan fingerprint density at radius 3 is 3.00 bits per heavy atom. The van der Waals surface area contributed by atoms with Crippen molar-refractivity contribution in [2.75, 3.05) is 13.2 Å². The summed E-state index contributed by atoms with van der Waals surface area (Å²) in [5, 5.41) is 12.6. The molecule has 0 saturated carbocycles. The van der Waals surface area contributed by atoms with E-state index in [0.29, 0.717) is 6.04 Å². The molecule has 3 heteroatoms. The summed E-state index contributed by atoms with van der Waals surface area (Å²) in [6.07, 6.45) is 3.44. The molecule has 1 aliphatic heterocycles. The smallest absolute Gasteiger partial charge is 0.0681 e. The van der Waals surface area contributed by atoms with Crippen LogP contribution in [0.15, 0.2) is 24.3 Å². The molecule has 0 bridgehead atoms. The van der Waals surface area contributed by atoms with E-state index < -0.39 is 0 Å². The molecule has 1 aromatic rings. The molecule has 1 unspecified atom stereocenters. The quantitative estimate of drug-likeness (QED) is 0.836. The SMILES string of the molecule is OCc1cccc(CNC2CCCOCC2)c1. The Morgan fingerprint density at radius 2 is 2.12 bits per heavy atom. The maximum absolute atomic E-state index is 9.08. The van der Waals surface area contributed by atoms with E-state index in [1.54, 1.807) is 0 Å². The fourth-order valence-corrected chi connectivity index (χ4v) is 2.21. The second-order valence-corrected chi connectivity index (χ2v) is 4.60. The Labute approximate surface area is 103 Å². The van der Waals surface area contributed by atoms with Gasteiger partial charge in [-0.15, -0.1) is 0 Å². The van der Waals surface area contributed by atoms with Crippen LogP contribution in [0.25, 0.3) is 0 Å². The van der Waals surface area contributed by atoms with Gasteiger partial charge in [0.1, 0.15) is 0 Å². The average Bonchev–Trinajstić information content (AvgIpc) is 2.65. The van der Waals surface area contributed by atoms with Gasteiger partial charge in [0, 0.05) is 25.8 Å². The zero-order valence-electron chi connectivity index (χ0n) is 10.2. The molecule has 1 fully saturated rings. The maximum Gasteiger partial charge on any atom is 0.0681 e. The van der Waals surface area contributed by atoms with Gasteiger partial charge in [0.05, 0.1) is 6.61 Å². The monoisotopic (exact) mass is 235 g/mol. The Hall–Kier alpha value is -0.900. The van der Waals surface area contributed by atoms with Gasteiger partial charge in [-0.3, -0.25) is 0 Å². The van der Waals surface area contributed by atoms with E-state index in [2.05, 4.69) is 17.4 Å². The van der Waals surface area contributed by atoms with Crippen LogP contribution < -0.4 is 5.32 Å². The zero-order chi connectivity index (χ0) is 11.9. The molecule has 17 heavy (non-hydrogen) atoms. The summed E-state index contributed by atoms with van der Waals surface area (Å²) in [4.78, 5) is 0. The highest BCUT2D eigenvalue weighted by atomic mass is 16.5. The molecule has 94 valence electrons. The van der Waals surface area contributed by atoms with Crippen molar-refractivity contribution in [3.05, 3.63) is 35.4 Å². The van der Waals surface area contributed by atoms with Crippen LogP contribution in [0.3, 0.4) is 0 Å². The third-order valence-electron chi connectivity index (χ3n) is 3.22. The molecular formula is C14H21NO2. The van der Waals surface area contributed by atoms with E-state index in [-0.39, 0.29) is 6.61 Å². The number of hydrogen-bond acceptors (Lipinski definition) is 3. The number of aliphatic hydroxyl groups is 1. The predicted molar refractivity (Wildman–Crippen MR) is 67.7 cm³/mol. The van der Waals surface area contributed by atoms with Gasteiger partial charge in [-0.25, -0.2) is 0 Å². The maximum atomic E-state index is 9.08. The average molecular weight is 235 g/mol. The summed E-state index contributed by atoms with van der Waals surface area (Å²) in [5.41, 5.74) is 2.22. The molecule has 1 saturated heterocycles. The molecule has 2 N–H and O–H groups in total. The number of rotatable bonds is 4. The van der Waals surface area contributed by atoms with E-state index in [1.165, 1.54) is 12.0 Å². The first-order chi connectivity index (χ1) is 8.38. The molecule has 1 aromatic carbocycles. The lowest BCUT2D eigenvalue weighted by Gasteiger charge is -2.15. The first kappa shape index (κ1) is 12.6. The molecule has 0 spiro atoms. The third-order valence-corrected chi connectivity index (χ3v) is 3.22. The fraction of sp³-hybridized carbons (Fsp3) is 0.571. The second-order valence-electron chi connectivity index (χ2n) is 4.60. The van der Waals surface area contributed by atoms with Crippen molar-refractivity contribution in [2.24, 2.45) is 0 Å². The molecular weight excluding hydrogens is 214 g/mol. The minimum absolute atomic E-state index is 0.116. The number of ether oxygens (including phenoxy) is 1. The number of aliphatic hydroxyl groups excluding tert-OH is 1. The van der Waals surface area contributed by atoms with Crippen molar-refractivity contribution in [2.45, 2.75) is 38.5 Å². The second kappa shape index (κ2) is 6.74. The highest BCUT2D eigenvalue weighted by Gasteiger charge is 2.11. The lowest BCUT2D eigenvalue weighted by molar-refractivity contribution is 0.142. The Kier molecular flexibility index (Phi) is 4.98. The van der Waals surface area contributed by atoms with E-state index >= 15 is 0 Å². The Morgan fingerprint density at radius 1 is 1.24 bits per heavy atom. The molecule has 0 radical (unpaired) electrons. The van der Waals surface area contributed by atoms with E-state index in [1.807, 2.05) is 12.1 Å². The summed E-state index contributed by atoms with van der Waals surface area (Å²) in [6, 6.07) is 8.66. The number of nitrogens with one attached hydrogen (secondary N) is 1. The molecule has 0 amide bonds. The van der Waals surface area contributed by atoms with Crippen LogP contribution in [-0.4, -0.2) is 24.4 Å². The summed E-state index contributed by atoms with van der Waals surface area (Å²) in [7, 11) is 0. The summed E-state index contributed by atoms with van der Waals surface area (Å²) in [5.74, 6) is 0. The van der Waals surface area contributed by atoms with Crippen LogP contribution in [0.4, 0.5) is 0 Å². The van der Waals surface area contributed by atoms with Gasteiger partial charge in [0.2, 0.25) is 0 Å². The summed E-state index contributed by atoms with van der Waals surface area (Å²) >= 11 is 0. The number of benzene rings is 1. The van der Waals surface area contributed by atoms with Gasteiger partial charge < -0.3 is 15.2 Å². The summed E-state index contributed by atoms with van der Waals surface area (Å²) in [6.45, 7) is 2.76. The van der Waals surface area contributed by atoms with E-state index in [0.717, 1.165) is 38.2 Å². The largest absolute Gasteiger partial charge is 0.392 e. The minimum atomic E-state index is 0.116. The standard InChI is InChI=1S/C14H21NO2/c16-11-13-4-1-3-12(9-13)10-15-14-5-2-7-17-8-6-14/h1,3-4,9,14-16H,2,5-8,10-11H2. The van der Waals surface area contributed by atoms with Gasteiger partial charge in [-0.1, -0.05) is 24.3 Å². The van der Waals surface area contributed by atoms with Crippen molar-refractivity contribution < 1.29 is 9.84 Å². The summed E-state index contributed by atoms with van der Waals surface area (Å²) < 4.78 is 5.44. The van der Waals surface area contributed by atoms with E-state index in [9.17, 15) is 0 Å². The van der Waals surface area contributed by atoms with Crippen molar-refractivity contribution >= 4 is 0 Å². The van der Waals surface area contributed by atoms with Gasteiger partial charge in [0.25, 0.3) is 0 Å². The molecule has 0 aliphatic carbocycles. The zero-order valence-corrected chi connectivity index (χ0v) is 10.2. The topological polar surface area (TPSA) is 41.5 Å². The predicted octanol–water partition coefficient (Wildman–Crippen LogP) is 1.84. The Balaban J connectivity index is 1.83. The number of hydrogen-bond donors (Lipinski definition) is 2. The van der Waals surface area contributed by atoms with Crippen LogP contribution in [0, 0.1) is 0 Å². The molecule has 1 aliphatic rings. The van der Waals surface area contributed by atoms with Crippen LogP contribution in [0.2, 0.25) is 0 Å². The van der Waals surface area contributed by atoms with Crippen molar-refractivity contribution in [1.82, 2.24) is 5.32 Å². The molecule has 1 heterocycles. The fourth-order valence-electron chi connectivity index (χ4n) is 2.21. The lowest BCUT2D eigenvalue weighted by Crippen LogP contribution is -2.28. The normalized spacial score (nSPS) is 21.1. The minimum Gasteiger partial charge on any atom is -0.392 e. The Bertz CT molecular complexity index is 333. The third kappa shape index (κ3) is 4.11. The van der Waals surface area contributed by atoms with Crippen LogP contribution >= 0.6 is 0 Å². The highest BCUT2D eigenvalue weighted by Crippen LogP contribution is 2.10. The van der Waals surface area contributed by atoms with Crippen molar-refractivity contribution in [1.29, 1.82) is 0 Å². The lowest BCUT2D eigenvalue weighted by atomic mass is 10.1. The molecule has 2 rings (SSSR count). The van der Waals surface area contributed by atoms with Crippen LogP contribution in [-0.2, 0) is 17.9 Å². The first-order valence-electron chi connectivity index (χ1n) is 6.38. The molecule has 0 aromatic heterocycles. The molecule has 1 atom stereocenters. The van der Waals surface area contributed by atoms with Crippen LogP contribution in [0.5, 0.6) is 0 Å². The van der Waals surface area contributed by atoms with Gasteiger partial charge in [-0.2, -0.15) is 0 Å². The van der Waals surface area contributed by atoms with Crippen molar-refractivity contribution in [3.63, 3.8) is 0 Å². The van der Waals surface area contributed by atoms with Crippen LogP contribution in [0.1, 0.15) is 30.4 Å².